The minimum Gasteiger partial charge on any atom is -0.380 e. The molecule has 0 aliphatic carbocycles. The fraction of sp³-hybridized carbons (Fsp3) is 0.200. The summed E-state index contributed by atoms with van der Waals surface area (Å²) in [5.74, 6) is -10.5. The number of hydrogen-bond donors (Lipinski definition) is 1. The highest BCUT2D eigenvalue weighted by molar-refractivity contribution is 5.38. The maximum atomic E-state index is 13.9. The Morgan fingerprint density at radius 1 is 0.810 bits per heavy atom. The first-order valence-electron chi connectivity index (χ1n) is 6.14. The van der Waals surface area contributed by atoms with Gasteiger partial charge in [-0.05, 0) is 12.0 Å². The Morgan fingerprint density at radius 2 is 1.24 bits per heavy atom. The summed E-state index contributed by atoms with van der Waals surface area (Å²) in [6.07, 6.45) is -0.268. The van der Waals surface area contributed by atoms with Gasteiger partial charge in [-0.2, -0.15) is 0 Å². The highest BCUT2D eigenvalue weighted by atomic mass is 19.2. The topological polar surface area (TPSA) is 20.2 Å². The Bertz CT molecular complexity index is 643. The molecule has 1 N–H and O–H groups in total. The zero-order valence-electron chi connectivity index (χ0n) is 10.9. The van der Waals surface area contributed by atoms with Gasteiger partial charge in [0.25, 0.3) is 0 Å². The molecule has 21 heavy (non-hydrogen) atoms. The number of benzene rings is 2. The Kier molecular flexibility index (Phi) is 4.00. The quantitative estimate of drug-likeness (QED) is 0.515. The summed E-state index contributed by atoms with van der Waals surface area (Å²) >= 11 is 0. The highest BCUT2D eigenvalue weighted by Crippen LogP contribution is 2.38. The lowest BCUT2D eigenvalue weighted by Gasteiger charge is -2.29. The Hall–Kier alpha value is -1.95. The minimum atomic E-state index is -2.31. The molecule has 112 valence electrons. The van der Waals surface area contributed by atoms with Crippen molar-refractivity contribution < 1.29 is 27.1 Å². The standard InChI is InChI=1S/C15H11F5O/c1-2-15(21,8-6-4-3-5-7-8)9-10(16)12(18)14(20)13(19)11(9)17/h3-7,21H,2H2,1H3. The summed E-state index contributed by atoms with van der Waals surface area (Å²) in [6.45, 7) is 1.38. The van der Waals surface area contributed by atoms with Crippen LogP contribution in [0.4, 0.5) is 22.0 Å². The molecule has 0 heterocycles. The summed E-state index contributed by atoms with van der Waals surface area (Å²) in [7, 11) is 0. The minimum absolute atomic E-state index is 0.0377. The Labute approximate surface area is 117 Å². The molecule has 0 radical (unpaired) electrons. The van der Waals surface area contributed by atoms with E-state index in [-0.39, 0.29) is 12.0 Å². The summed E-state index contributed by atoms with van der Waals surface area (Å²) in [6, 6.07) is 7.27. The summed E-state index contributed by atoms with van der Waals surface area (Å²) in [5.41, 5.74) is -3.52. The number of rotatable bonds is 3. The van der Waals surface area contributed by atoms with Gasteiger partial charge >= 0.3 is 0 Å². The molecule has 0 aromatic heterocycles. The van der Waals surface area contributed by atoms with Crippen molar-refractivity contribution in [1.29, 1.82) is 0 Å². The van der Waals surface area contributed by atoms with Crippen molar-refractivity contribution >= 4 is 0 Å². The molecule has 1 atom stereocenters. The zero-order valence-corrected chi connectivity index (χ0v) is 10.9. The van der Waals surface area contributed by atoms with E-state index in [2.05, 4.69) is 0 Å². The third-order valence-electron chi connectivity index (χ3n) is 3.39. The molecule has 0 saturated heterocycles. The zero-order chi connectivity index (χ0) is 15.8. The molecule has 2 rings (SSSR count). The van der Waals surface area contributed by atoms with E-state index in [0.717, 1.165) is 0 Å². The first kappa shape index (κ1) is 15.4. The van der Waals surface area contributed by atoms with E-state index in [1.807, 2.05) is 0 Å². The van der Waals surface area contributed by atoms with Gasteiger partial charge in [0.2, 0.25) is 5.82 Å². The maximum Gasteiger partial charge on any atom is 0.200 e. The fourth-order valence-electron chi connectivity index (χ4n) is 2.21. The van der Waals surface area contributed by atoms with Crippen molar-refractivity contribution in [3.8, 4) is 0 Å². The maximum absolute atomic E-state index is 13.9. The molecule has 0 aliphatic rings. The van der Waals surface area contributed by atoms with E-state index < -0.39 is 40.3 Å². The first-order valence-corrected chi connectivity index (χ1v) is 6.14. The molecular weight excluding hydrogens is 291 g/mol. The van der Waals surface area contributed by atoms with E-state index in [1.165, 1.54) is 31.2 Å². The van der Waals surface area contributed by atoms with Gasteiger partial charge in [-0.3, -0.25) is 0 Å². The average Bonchev–Trinajstić information content (AvgIpc) is 2.51. The van der Waals surface area contributed by atoms with Crippen molar-refractivity contribution in [2.45, 2.75) is 18.9 Å². The molecule has 6 heteroatoms. The smallest absolute Gasteiger partial charge is 0.200 e. The normalized spacial score (nSPS) is 14.0. The van der Waals surface area contributed by atoms with Gasteiger partial charge in [0, 0.05) is 0 Å². The molecule has 0 aliphatic heterocycles. The molecule has 1 unspecified atom stereocenters. The van der Waals surface area contributed by atoms with Crippen LogP contribution in [0, 0.1) is 29.1 Å². The van der Waals surface area contributed by atoms with Crippen LogP contribution in [0.1, 0.15) is 24.5 Å². The molecule has 0 fully saturated rings. The lowest BCUT2D eigenvalue weighted by Crippen LogP contribution is -2.30. The summed E-state index contributed by atoms with van der Waals surface area (Å²) < 4.78 is 67.5. The van der Waals surface area contributed by atoms with Gasteiger partial charge in [-0.1, -0.05) is 37.3 Å². The lowest BCUT2D eigenvalue weighted by atomic mass is 9.83. The number of aliphatic hydroxyl groups is 1. The van der Waals surface area contributed by atoms with Crippen LogP contribution in [0.15, 0.2) is 30.3 Å². The second kappa shape index (κ2) is 5.44. The molecule has 2 aromatic rings. The van der Waals surface area contributed by atoms with Crippen LogP contribution in [-0.4, -0.2) is 5.11 Å². The van der Waals surface area contributed by atoms with E-state index in [9.17, 15) is 27.1 Å². The summed E-state index contributed by atoms with van der Waals surface area (Å²) in [5, 5.41) is 10.5. The molecule has 0 amide bonds. The molecule has 0 bridgehead atoms. The van der Waals surface area contributed by atoms with E-state index in [1.54, 1.807) is 6.07 Å². The second-order valence-electron chi connectivity index (χ2n) is 4.52. The van der Waals surface area contributed by atoms with Crippen LogP contribution in [0.2, 0.25) is 0 Å². The SMILES string of the molecule is CCC(O)(c1ccccc1)c1c(F)c(F)c(F)c(F)c1F. The van der Waals surface area contributed by atoms with Crippen molar-refractivity contribution in [2.75, 3.05) is 0 Å². The van der Waals surface area contributed by atoms with Gasteiger partial charge in [0.1, 0.15) is 5.60 Å². The number of hydrogen-bond acceptors (Lipinski definition) is 1. The van der Waals surface area contributed by atoms with Gasteiger partial charge in [0.15, 0.2) is 23.3 Å². The molecule has 1 nitrogen and oxygen atoms in total. The highest BCUT2D eigenvalue weighted by Gasteiger charge is 2.39. The van der Waals surface area contributed by atoms with Crippen LogP contribution in [0.5, 0.6) is 0 Å². The number of halogens is 5. The van der Waals surface area contributed by atoms with Crippen molar-refractivity contribution in [2.24, 2.45) is 0 Å². The Morgan fingerprint density at radius 3 is 1.67 bits per heavy atom. The largest absolute Gasteiger partial charge is 0.380 e. The van der Waals surface area contributed by atoms with Gasteiger partial charge in [-0.15, -0.1) is 0 Å². The van der Waals surface area contributed by atoms with Gasteiger partial charge in [-0.25, -0.2) is 22.0 Å². The molecule has 2 aromatic carbocycles. The van der Waals surface area contributed by atoms with E-state index >= 15 is 0 Å². The van der Waals surface area contributed by atoms with Crippen LogP contribution < -0.4 is 0 Å². The van der Waals surface area contributed by atoms with Crippen LogP contribution in [0.3, 0.4) is 0 Å². The van der Waals surface area contributed by atoms with Gasteiger partial charge in [0.05, 0.1) is 5.56 Å². The third-order valence-corrected chi connectivity index (χ3v) is 3.39. The second-order valence-corrected chi connectivity index (χ2v) is 4.52. The van der Waals surface area contributed by atoms with Crippen LogP contribution in [-0.2, 0) is 5.60 Å². The summed E-state index contributed by atoms with van der Waals surface area (Å²) in [4.78, 5) is 0. The molecule has 0 spiro atoms. The predicted molar refractivity (Wildman–Crippen MR) is 66.0 cm³/mol. The fourth-order valence-corrected chi connectivity index (χ4v) is 2.21. The third kappa shape index (κ3) is 2.29. The van der Waals surface area contributed by atoms with Gasteiger partial charge < -0.3 is 5.11 Å². The van der Waals surface area contributed by atoms with E-state index in [0.29, 0.717) is 0 Å². The van der Waals surface area contributed by atoms with Crippen molar-refractivity contribution in [3.63, 3.8) is 0 Å². The lowest BCUT2D eigenvalue weighted by molar-refractivity contribution is 0.0658. The average molecular weight is 302 g/mol. The van der Waals surface area contributed by atoms with Crippen molar-refractivity contribution in [1.82, 2.24) is 0 Å². The van der Waals surface area contributed by atoms with E-state index in [4.69, 9.17) is 0 Å². The van der Waals surface area contributed by atoms with Crippen molar-refractivity contribution in [3.05, 3.63) is 70.5 Å². The molecular formula is C15H11F5O. The first-order chi connectivity index (χ1) is 9.84. The Balaban J connectivity index is 2.81. The monoisotopic (exact) mass is 302 g/mol. The molecule has 0 saturated carbocycles. The van der Waals surface area contributed by atoms with Crippen LogP contribution in [0.25, 0.3) is 0 Å². The predicted octanol–water partition coefficient (Wildman–Crippen LogP) is 4.03. The van der Waals surface area contributed by atoms with Crippen LogP contribution >= 0.6 is 0 Å².